The first-order valence-corrected chi connectivity index (χ1v) is 6.64. The molecular formula is C16H17ClFN. The van der Waals surface area contributed by atoms with Gasteiger partial charge in [-0.25, -0.2) is 4.39 Å². The van der Waals surface area contributed by atoms with Crippen LogP contribution in [0, 0.1) is 19.7 Å². The van der Waals surface area contributed by atoms with Crippen molar-refractivity contribution in [3.05, 3.63) is 63.9 Å². The lowest BCUT2D eigenvalue weighted by Crippen LogP contribution is -2.08. The van der Waals surface area contributed by atoms with Crippen LogP contribution in [0.3, 0.4) is 0 Å². The molecule has 0 aromatic heterocycles. The summed E-state index contributed by atoms with van der Waals surface area (Å²) in [5, 5.41) is 3.59. The Kier molecular flexibility index (Phi) is 4.11. The van der Waals surface area contributed by atoms with Crippen LogP contribution in [-0.4, -0.2) is 0 Å². The topological polar surface area (TPSA) is 12.0 Å². The second kappa shape index (κ2) is 5.62. The molecule has 0 bridgehead atoms. The molecule has 0 aliphatic carbocycles. The van der Waals surface area contributed by atoms with Gasteiger partial charge in [0, 0.05) is 11.7 Å². The molecule has 0 saturated heterocycles. The summed E-state index contributed by atoms with van der Waals surface area (Å²) in [6.07, 6.45) is 0. The molecule has 0 aliphatic heterocycles. The predicted molar refractivity (Wildman–Crippen MR) is 79.4 cm³/mol. The average molecular weight is 278 g/mol. The molecule has 3 heteroatoms. The number of benzene rings is 2. The van der Waals surface area contributed by atoms with E-state index in [0.29, 0.717) is 0 Å². The van der Waals surface area contributed by atoms with Gasteiger partial charge in [0.25, 0.3) is 0 Å². The molecular weight excluding hydrogens is 261 g/mol. The molecule has 2 rings (SSSR count). The Labute approximate surface area is 118 Å². The maximum atomic E-state index is 13.2. The second-order valence-corrected chi connectivity index (χ2v) is 5.19. The lowest BCUT2D eigenvalue weighted by atomic mass is 10.0. The average Bonchev–Trinajstić information content (AvgIpc) is 2.38. The smallest absolute Gasteiger partial charge is 0.141 e. The highest BCUT2D eigenvalue weighted by atomic mass is 35.5. The summed E-state index contributed by atoms with van der Waals surface area (Å²) in [6.45, 7) is 6.20. The van der Waals surface area contributed by atoms with Crippen LogP contribution < -0.4 is 5.32 Å². The first-order chi connectivity index (χ1) is 8.99. The minimum absolute atomic E-state index is 0.0681. The van der Waals surface area contributed by atoms with Crippen molar-refractivity contribution in [1.29, 1.82) is 0 Å². The van der Waals surface area contributed by atoms with E-state index in [1.165, 1.54) is 17.2 Å². The van der Waals surface area contributed by atoms with Crippen LogP contribution in [0.15, 0.2) is 36.4 Å². The molecule has 100 valence electrons. The highest BCUT2D eigenvalue weighted by Gasteiger charge is 2.09. The van der Waals surface area contributed by atoms with Gasteiger partial charge in [-0.05, 0) is 55.7 Å². The van der Waals surface area contributed by atoms with E-state index in [-0.39, 0.29) is 16.9 Å². The van der Waals surface area contributed by atoms with Gasteiger partial charge in [0.15, 0.2) is 0 Å². The van der Waals surface area contributed by atoms with Crippen LogP contribution in [0.2, 0.25) is 5.02 Å². The van der Waals surface area contributed by atoms with E-state index in [9.17, 15) is 4.39 Å². The summed E-state index contributed by atoms with van der Waals surface area (Å²) in [5.74, 6) is -0.385. The zero-order valence-electron chi connectivity index (χ0n) is 11.3. The Morgan fingerprint density at radius 2 is 1.89 bits per heavy atom. The molecule has 0 aliphatic rings. The zero-order chi connectivity index (χ0) is 14.0. The molecule has 2 aromatic carbocycles. The first kappa shape index (κ1) is 13.9. The van der Waals surface area contributed by atoms with Gasteiger partial charge >= 0.3 is 0 Å². The molecule has 0 saturated carbocycles. The lowest BCUT2D eigenvalue weighted by molar-refractivity contribution is 0.627. The van der Waals surface area contributed by atoms with E-state index in [2.05, 4.69) is 25.2 Å². The second-order valence-electron chi connectivity index (χ2n) is 4.79. The van der Waals surface area contributed by atoms with Crippen molar-refractivity contribution in [1.82, 2.24) is 0 Å². The van der Waals surface area contributed by atoms with Crippen LogP contribution >= 0.6 is 11.6 Å². The van der Waals surface area contributed by atoms with Crippen LogP contribution in [0.25, 0.3) is 0 Å². The maximum absolute atomic E-state index is 13.2. The fourth-order valence-electron chi connectivity index (χ4n) is 2.01. The summed E-state index contributed by atoms with van der Waals surface area (Å²) >= 11 is 5.81. The van der Waals surface area contributed by atoms with Gasteiger partial charge in [0.05, 0.1) is 5.02 Å². The number of nitrogens with one attached hydrogen (secondary N) is 1. The van der Waals surface area contributed by atoms with Gasteiger partial charge in [-0.1, -0.05) is 29.8 Å². The molecule has 0 amide bonds. The molecule has 0 spiro atoms. The summed E-state index contributed by atoms with van der Waals surface area (Å²) < 4.78 is 13.2. The number of hydrogen-bond donors (Lipinski definition) is 1. The Morgan fingerprint density at radius 1 is 1.16 bits per heavy atom. The third kappa shape index (κ3) is 3.07. The largest absolute Gasteiger partial charge is 0.378 e. The van der Waals surface area contributed by atoms with Gasteiger partial charge in [-0.15, -0.1) is 0 Å². The third-order valence-corrected chi connectivity index (χ3v) is 3.71. The highest BCUT2D eigenvalue weighted by Crippen LogP contribution is 2.26. The molecule has 19 heavy (non-hydrogen) atoms. The van der Waals surface area contributed by atoms with E-state index in [1.54, 1.807) is 12.1 Å². The number of hydrogen-bond acceptors (Lipinski definition) is 1. The predicted octanol–water partition coefficient (Wildman–Crippen LogP) is 5.27. The van der Waals surface area contributed by atoms with E-state index in [4.69, 9.17) is 11.6 Å². The maximum Gasteiger partial charge on any atom is 0.141 e. The summed E-state index contributed by atoms with van der Waals surface area (Å²) in [6, 6.07) is 11.0. The standard InChI is InChI=1S/C16H17ClFN/c1-10-5-4-6-16(11(10)2)19-12(3)13-7-8-15(18)14(17)9-13/h4-9,12,19H,1-3H3. The molecule has 0 heterocycles. The number of aryl methyl sites for hydroxylation is 1. The number of halogens is 2. The SMILES string of the molecule is Cc1cccc(NC(C)c2ccc(F)c(Cl)c2)c1C. The minimum atomic E-state index is -0.385. The van der Waals surface area contributed by atoms with Crippen molar-refractivity contribution in [3.63, 3.8) is 0 Å². The molecule has 1 unspecified atom stereocenters. The van der Waals surface area contributed by atoms with Gasteiger partial charge in [-0.3, -0.25) is 0 Å². The Bertz CT molecular complexity index is 595. The minimum Gasteiger partial charge on any atom is -0.378 e. The highest BCUT2D eigenvalue weighted by molar-refractivity contribution is 6.30. The quantitative estimate of drug-likeness (QED) is 0.806. The third-order valence-electron chi connectivity index (χ3n) is 3.42. The number of anilines is 1. The Morgan fingerprint density at radius 3 is 2.58 bits per heavy atom. The van der Waals surface area contributed by atoms with E-state index < -0.39 is 0 Å². The fraction of sp³-hybridized carbons (Fsp3) is 0.250. The summed E-state index contributed by atoms with van der Waals surface area (Å²) in [5.41, 5.74) is 4.53. The molecule has 2 aromatic rings. The van der Waals surface area contributed by atoms with Crippen molar-refractivity contribution in [2.75, 3.05) is 5.32 Å². The van der Waals surface area contributed by atoms with E-state index >= 15 is 0 Å². The van der Waals surface area contributed by atoms with Crippen molar-refractivity contribution in [2.45, 2.75) is 26.8 Å². The normalized spacial score (nSPS) is 12.3. The molecule has 0 radical (unpaired) electrons. The van der Waals surface area contributed by atoms with E-state index in [1.807, 2.05) is 19.1 Å². The van der Waals surface area contributed by atoms with E-state index in [0.717, 1.165) is 11.3 Å². The Hall–Kier alpha value is -1.54. The van der Waals surface area contributed by atoms with Crippen LogP contribution in [0.5, 0.6) is 0 Å². The van der Waals surface area contributed by atoms with Crippen LogP contribution in [-0.2, 0) is 0 Å². The zero-order valence-corrected chi connectivity index (χ0v) is 12.1. The van der Waals surface area contributed by atoms with Crippen LogP contribution in [0.4, 0.5) is 10.1 Å². The Balaban J connectivity index is 2.23. The summed E-state index contributed by atoms with van der Waals surface area (Å²) in [4.78, 5) is 0. The summed E-state index contributed by atoms with van der Waals surface area (Å²) in [7, 11) is 0. The molecule has 1 N–H and O–H groups in total. The molecule has 0 fully saturated rings. The van der Waals surface area contributed by atoms with Gasteiger partial charge in [0.2, 0.25) is 0 Å². The van der Waals surface area contributed by atoms with Crippen molar-refractivity contribution in [2.24, 2.45) is 0 Å². The monoisotopic (exact) mass is 277 g/mol. The molecule has 1 atom stereocenters. The van der Waals surface area contributed by atoms with Crippen LogP contribution in [0.1, 0.15) is 29.7 Å². The fourth-order valence-corrected chi connectivity index (χ4v) is 2.19. The number of rotatable bonds is 3. The van der Waals surface area contributed by atoms with Crippen molar-refractivity contribution in [3.8, 4) is 0 Å². The van der Waals surface area contributed by atoms with Gasteiger partial charge in [-0.2, -0.15) is 0 Å². The molecule has 1 nitrogen and oxygen atoms in total. The van der Waals surface area contributed by atoms with Gasteiger partial charge in [0.1, 0.15) is 5.82 Å². The van der Waals surface area contributed by atoms with Crippen molar-refractivity contribution >= 4 is 17.3 Å². The lowest BCUT2D eigenvalue weighted by Gasteiger charge is -2.18. The van der Waals surface area contributed by atoms with Crippen molar-refractivity contribution < 1.29 is 4.39 Å². The van der Waals surface area contributed by atoms with Gasteiger partial charge < -0.3 is 5.32 Å². The first-order valence-electron chi connectivity index (χ1n) is 6.26.